The first-order valence-corrected chi connectivity index (χ1v) is 10.1. The molecule has 0 saturated heterocycles. The van der Waals surface area contributed by atoms with Crippen molar-refractivity contribution in [2.75, 3.05) is 0 Å². The van der Waals surface area contributed by atoms with Crippen LogP contribution in [0.2, 0.25) is 0 Å². The third kappa shape index (κ3) is 4.94. The van der Waals surface area contributed by atoms with E-state index in [0.29, 0.717) is 0 Å². The lowest BCUT2D eigenvalue weighted by molar-refractivity contribution is 0.688. The van der Waals surface area contributed by atoms with E-state index < -0.39 is 10.8 Å². The average Bonchev–Trinajstić information content (AvgIpc) is 2.64. The fourth-order valence-corrected chi connectivity index (χ4v) is 4.74. The molecule has 126 valence electrons. The van der Waals surface area contributed by atoms with Gasteiger partial charge in [0.05, 0.1) is 15.0 Å². The summed E-state index contributed by atoms with van der Waals surface area (Å²) in [5, 5.41) is 0. The van der Waals surface area contributed by atoms with E-state index in [1.54, 1.807) is 11.8 Å². The molecule has 1 nitrogen and oxygen atoms in total. The summed E-state index contributed by atoms with van der Waals surface area (Å²) in [5.74, 6) is 0. The zero-order valence-electron chi connectivity index (χ0n) is 14.3. The molecule has 0 fully saturated rings. The van der Waals surface area contributed by atoms with Crippen molar-refractivity contribution >= 4 is 28.6 Å². The Kier molecular flexibility index (Phi) is 5.90. The summed E-state index contributed by atoms with van der Waals surface area (Å²) in [6.45, 7) is 4.11. The largest absolute Gasteiger partial charge is 0.249 e. The molecule has 0 N–H and O–H groups in total. The molecule has 1 atom stereocenters. The van der Waals surface area contributed by atoms with Crippen LogP contribution in [-0.2, 0) is 10.8 Å². The maximum atomic E-state index is 13.2. The van der Waals surface area contributed by atoms with Crippen molar-refractivity contribution < 1.29 is 4.21 Å². The molecule has 0 saturated carbocycles. The fraction of sp³-hybridized carbons (Fsp3) is 0.0909. The van der Waals surface area contributed by atoms with E-state index in [1.807, 2.05) is 67.6 Å². The van der Waals surface area contributed by atoms with E-state index >= 15 is 0 Å². The molecule has 25 heavy (non-hydrogen) atoms. The summed E-state index contributed by atoms with van der Waals surface area (Å²) in [6, 6.07) is 26.2. The van der Waals surface area contributed by atoms with Crippen molar-refractivity contribution in [3.63, 3.8) is 0 Å². The number of rotatable bonds is 5. The van der Waals surface area contributed by atoms with Gasteiger partial charge in [-0.1, -0.05) is 77.5 Å². The summed E-state index contributed by atoms with van der Waals surface area (Å²) >= 11 is 1.56. The summed E-state index contributed by atoms with van der Waals surface area (Å²) in [6.07, 6.45) is 2.01. The van der Waals surface area contributed by atoms with Gasteiger partial charge in [-0.2, -0.15) is 0 Å². The molecular weight excluding hydrogens is 344 g/mol. The average molecular weight is 365 g/mol. The van der Waals surface area contributed by atoms with E-state index in [1.165, 1.54) is 11.1 Å². The second-order valence-electron chi connectivity index (χ2n) is 5.87. The van der Waals surface area contributed by atoms with Gasteiger partial charge in [-0.25, -0.2) is 4.21 Å². The summed E-state index contributed by atoms with van der Waals surface area (Å²) < 4.78 is 14.0. The molecule has 0 aliphatic heterocycles. The van der Waals surface area contributed by atoms with Gasteiger partial charge in [-0.05, 0) is 49.8 Å². The van der Waals surface area contributed by atoms with Crippen molar-refractivity contribution in [3.8, 4) is 0 Å². The van der Waals surface area contributed by atoms with Gasteiger partial charge in [0.25, 0.3) is 0 Å². The van der Waals surface area contributed by atoms with Crippen molar-refractivity contribution in [1.82, 2.24) is 0 Å². The molecule has 0 bridgehead atoms. The van der Waals surface area contributed by atoms with Crippen molar-refractivity contribution in [3.05, 3.63) is 99.8 Å². The second-order valence-corrected chi connectivity index (χ2v) is 8.69. The highest BCUT2D eigenvalue weighted by atomic mass is 32.2. The third-order valence-corrected chi connectivity index (χ3v) is 6.46. The van der Waals surface area contributed by atoms with E-state index in [9.17, 15) is 4.21 Å². The maximum Gasteiger partial charge on any atom is 0.0918 e. The quantitative estimate of drug-likeness (QED) is 0.501. The van der Waals surface area contributed by atoms with Gasteiger partial charge in [-0.15, -0.1) is 0 Å². The molecular formula is C22H20OS2. The Bertz CT molecular complexity index is 880. The molecule has 3 aromatic rings. The van der Waals surface area contributed by atoms with Gasteiger partial charge >= 0.3 is 0 Å². The predicted octanol–water partition coefficient (Wildman–Crippen LogP) is 6.20. The first-order chi connectivity index (χ1) is 12.1. The first kappa shape index (κ1) is 17.7. The minimum atomic E-state index is -1.21. The Labute approximate surface area is 156 Å². The topological polar surface area (TPSA) is 17.1 Å². The van der Waals surface area contributed by atoms with Crippen LogP contribution in [0.4, 0.5) is 0 Å². The molecule has 0 aromatic heterocycles. The lowest BCUT2D eigenvalue weighted by Crippen LogP contribution is -1.94. The van der Waals surface area contributed by atoms with Crippen LogP contribution in [0.15, 0.2) is 92.9 Å². The Morgan fingerprint density at radius 3 is 1.96 bits per heavy atom. The zero-order chi connectivity index (χ0) is 17.6. The molecule has 0 spiro atoms. The summed E-state index contributed by atoms with van der Waals surface area (Å²) in [7, 11) is -1.21. The smallest absolute Gasteiger partial charge is 0.0918 e. The standard InChI is InChI=1S/C22H20OS2/c1-17-8-12-20(13-9-17)24-22(16-19-6-4-3-5-7-19)25(23)21-14-10-18(2)11-15-21/h3-16H,1-2H3/b22-16+/t25-/m1/s1. The summed E-state index contributed by atoms with van der Waals surface area (Å²) in [5.41, 5.74) is 3.44. The van der Waals surface area contributed by atoms with Crippen LogP contribution in [0.1, 0.15) is 16.7 Å². The van der Waals surface area contributed by atoms with Crippen LogP contribution in [0.3, 0.4) is 0 Å². The van der Waals surface area contributed by atoms with E-state index in [-0.39, 0.29) is 0 Å². The SMILES string of the molecule is Cc1ccc(S/C(=C\c2ccccc2)[S@](=O)c2ccc(C)cc2)cc1. The van der Waals surface area contributed by atoms with E-state index in [0.717, 1.165) is 19.6 Å². The predicted molar refractivity (Wildman–Crippen MR) is 109 cm³/mol. The number of hydrogen-bond acceptors (Lipinski definition) is 2. The lowest BCUT2D eigenvalue weighted by Gasteiger charge is -2.09. The highest BCUT2D eigenvalue weighted by Gasteiger charge is 2.12. The normalized spacial score (nSPS) is 12.8. The van der Waals surface area contributed by atoms with Gasteiger partial charge in [0.1, 0.15) is 0 Å². The van der Waals surface area contributed by atoms with Gasteiger partial charge in [-0.3, -0.25) is 0 Å². The Morgan fingerprint density at radius 1 is 0.800 bits per heavy atom. The lowest BCUT2D eigenvalue weighted by atomic mass is 10.2. The Morgan fingerprint density at radius 2 is 1.36 bits per heavy atom. The molecule has 3 heteroatoms. The molecule has 0 radical (unpaired) electrons. The van der Waals surface area contributed by atoms with Crippen molar-refractivity contribution in [2.24, 2.45) is 0 Å². The number of thioether (sulfide) groups is 1. The zero-order valence-corrected chi connectivity index (χ0v) is 15.9. The minimum absolute atomic E-state index is 0.826. The van der Waals surface area contributed by atoms with Crippen LogP contribution >= 0.6 is 11.8 Å². The molecule has 0 heterocycles. The first-order valence-electron chi connectivity index (χ1n) is 8.11. The molecule has 0 unspecified atom stereocenters. The highest BCUT2D eigenvalue weighted by molar-refractivity contribution is 8.16. The monoisotopic (exact) mass is 364 g/mol. The van der Waals surface area contributed by atoms with Crippen LogP contribution in [0.25, 0.3) is 6.08 Å². The van der Waals surface area contributed by atoms with Gasteiger partial charge in [0, 0.05) is 9.79 Å². The summed E-state index contributed by atoms with van der Waals surface area (Å²) in [4.78, 5) is 1.92. The van der Waals surface area contributed by atoms with Crippen LogP contribution in [0.5, 0.6) is 0 Å². The van der Waals surface area contributed by atoms with Crippen molar-refractivity contribution in [1.29, 1.82) is 0 Å². The molecule has 0 amide bonds. The highest BCUT2D eigenvalue weighted by Crippen LogP contribution is 2.33. The Hall–Kier alpha value is -2.10. The van der Waals surface area contributed by atoms with Crippen LogP contribution in [0, 0.1) is 13.8 Å². The third-order valence-electron chi connectivity index (χ3n) is 3.74. The minimum Gasteiger partial charge on any atom is -0.249 e. The van der Waals surface area contributed by atoms with E-state index in [4.69, 9.17) is 0 Å². The van der Waals surface area contributed by atoms with Gasteiger partial charge < -0.3 is 0 Å². The second kappa shape index (κ2) is 8.32. The number of aryl methyl sites for hydroxylation is 2. The van der Waals surface area contributed by atoms with Crippen LogP contribution in [-0.4, -0.2) is 4.21 Å². The Balaban J connectivity index is 1.96. The van der Waals surface area contributed by atoms with Gasteiger partial charge in [0.15, 0.2) is 0 Å². The molecule has 0 aliphatic carbocycles. The maximum absolute atomic E-state index is 13.2. The fourth-order valence-electron chi connectivity index (χ4n) is 2.31. The van der Waals surface area contributed by atoms with Gasteiger partial charge in [0.2, 0.25) is 0 Å². The molecule has 0 aliphatic rings. The molecule has 3 aromatic carbocycles. The van der Waals surface area contributed by atoms with E-state index in [2.05, 4.69) is 31.2 Å². The molecule has 3 rings (SSSR count). The van der Waals surface area contributed by atoms with Crippen LogP contribution < -0.4 is 0 Å². The number of hydrogen-bond donors (Lipinski definition) is 0. The van der Waals surface area contributed by atoms with Crippen molar-refractivity contribution in [2.45, 2.75) is 23.6 Å². The number of benzene rings is 3.